The van der Waals surface area contributed by atoms with Gasteiger partial charge in [-0.1, -0.05) is 38.5 Å². The van der Waals surface area contributed by atoms with Crippen molar-refractivity contribution in [1.29, 1.82) is 0 Å². The van der Waals surface area contributed by atoms with Crippen LogP contribution in [0.15, 0.2) is 0 Å². The maximum Gasteiger partial charge on any atom is 0.101 e. The summed E-state index contributed by atoms with van der Waals surface area (Å²) >= 11 is 0. The van der Waals surface area contributed by atoms with Gasteiger partial charge in [0.25, 0.3) is 0 Å². The lowest BCUT2D eigenvalue weighted by atomic mass is 9.76. The first-order valence-electron chi connectivity index (χ1n) is 17.9. The van der Waals surface area contributed by atoms with Crippen molar-refractivity contribution in [2.45, 2.75) is 152 Å². The molecule has 9 heteroatoms. The van der Waals surface area contributed by atoms with E-state index in [9.17, 15) is 4.39 Å². The van der Waals surface area contributed by atoms with Crippen LogP contribution >= 0.6 is 0 Å². The van der Waals surface area contributed by atoms with Crippen molar-refractivity contribution < 1.29 is 4.39 Å². The minimum atomic E-state index is -0.658. The highest BCUT2D eigenvalue weighted by Crippen LogP contribution is 2.45. The standard InChI is InChI=1S/C32H55FN8/c33-16-13-14-23-24(15-16)32-40-30-22-12-6-5-11-21(22)28(38-30)36-26-18-8-2-1-7-17(18)25(34-26)35-27-19-9-3-4-10-20(19)29(37-27)39-31(23)41-32/h16-32,34-41H,1-15H2. The van der Waals surface area contributed by atoms with Crippen molar-refractivity contribution in [1.82, 2.24) is 42.5 Å². The van der Waals surface area contributed by atoms with Gasteiger partial charge in [0.2, 0.25) is 0 Å². The number of halogens is 1. The molecule has 8 bridgehead atoms. The number of hydrogen-bond acceptors (Lipinski definition) is 8. The van der Waals surface area contributed by atoms with Gasteiger partial charge in [0, 0.05) is 0 Å². The van der Waals surface area contributed by atoms with Gasteiger partial charge in [-0.05, 0) is 105 Å². The summed E-state index contributed by atoms with van der Waals surface area (Å²) in [5.41, 5.74) is 0. The summed E-state index contributed by atoms with van der Waals surface area (Å²) in [6.45, 7) is 0. The Morgan fingerprint density at radius 3 is 0.829 bits per heavy atom. The lowest BCUT2D eigenvalue weighted by molar-refractivity contribution is 0.120. The van der Waals surface area contributed by atoms with Crippen LogP contribution in [0, 0.1) is 47.3 Å². The third-order valence-corrected chi connectivity index (χ3v) is 13.8. The monoisotopic (exact) mass is 570 g/mol. The minimum Gasteiger partial charge on any atom is -0.286 e. The molecule has 9 rings (SSSR count). The van der Waals surface area contributed by atoms with Gasteiger partial charge in [-0.25, -0.2) is 4.39 Å². The van der Waals surface area contributed by atoms with Gasteiger partial charge in [-0.15, -0.1) is 0 Å². The van der Waals surface area contributed by atoms with Gasteiger partial charge >= 0.3 is 0 Å². The molecule has 0 aromatic carbocycles. The van der Waals surface area contributed by atoms with Crippen molar-refractivity contribution in [3.05, 3.63) is 0 Å². The molecule has 17 atom stereocenters. The molecule has 4 aliphatic carbocycles. The van der Waals surface area contributed by atoms with E-state index in [0.717, 1.165) is 12.8 Å². The van der Waals surface area contributed by atoms with E-state index in [2.05, 4.69) is 42.5 Å². The van der Waals surface area contributed by atoms with Gasteiger partial charge in [-0.3, -0.25) is 42.5 Å². The lowest BCUT2D eigenvalue weighted by Crippen LogP contribution is -2.61. The largest absolute Gasteiger partial charge is 0.286 e. The topological polar surface area (TPSA) is 96.2 Å². The van der Waals surface area contributed by atoms with Crippen molar-refractivity contribution in [2.75, 3.05) is 0 Å². The molecule has 8 nitrogen and oxygen atoms in total. The SMILES string of the molecule is FC1CCC2C3NC4NC(NC5NC(NC6NC(NC(N3)C2C1)C1CCCCC61)C1CCCCC51)C1CCCCC41. The number of alkyl halides is 1. The van der Waals surface area contributed by atoms with Gasteiger partial charge in [-0.2, -0.15) is 0 Å². The molecule has 0 radical (unpaired) electrons. The van der Waals surface area contributed by atoms with E-state index in [0.29, 0.717) is 84.6 Å². The second kappa shape index (κ2) is 10.9. The summed E-state index contributed by atoms with van der Waals surface area (Å²) in [5.74, 6) is 4.91. The Labute approximate surface area is 246 Å². The third kappa shape index (κ3) is 4.66. The highest BCUT2D eigenvalue weighted by Gasteiger charge is 2.54. The van der Waals surface area contributed by atoms with Crippen LogP contribution in [0.25, 0.3) is 0 Å². The Morgan fingerprint density at radius 1 is 0.293 bits per heavy atom. The normalized spacial score (nSPS) is 58.3. The Balaban J connectivity index is 1.05. The highest BCUT2D eigenvalue weighted by atomic mass is 19.1. The zero-order valence-corrected chi connectivity index (χ0v) is 24.8. The number of rotatable bonds is 0. The first kappa shape index (κ1) is 27.0. The van der Waals surface area contributed by atoms with Crippen LogP contribution in [0.5, 0.6) is 0 Å². The average Bonchev–Trinajstić information content (AvgIpc) is 3.72. The predicted octanol–water partition coefficient (Wildman–Crippen LogP) is 2.55. The van der Waals surface area contributed by atoms with Crippen molar-refractivity contribution in [2.24, 2.45) is 47.3 Å². The van der Waals surface area contributed by atoms with Crippen molar-refractivity contribution in [3.63, 3.8) is 0 Å². The van der Waals surface area contributed by atoms with E-state index in [4.69, 9.17) is 0 Å². The lowest BCUT2D eigenvalue weighted by Gasteiger charge is -2.36. The molecule has 4 saturated carbocycles. The summed E-state index contributed by atoms with van der Waals surface area (Å²) in [6.07, 6.45) is 20.3. The zero-order chi connectivity index (χ0) is 27.1. The van der Waals surface area contributed by atoms with E-state index < -0.39 is 6.17 Å². The summed E-state index contributed by atoms with van der Waals surface area (Å²) < 4.78 is 14.9. The molecule has 0 spiro atoms. The zero-order valence-electron chi connectivity index (χ0n) is 24.8. The molecule has 8 N–H and O–H groups in total. The number of hydrogen-bond donors (Lipinski definition) is 8. The van der Waals surface area contributed by atoms with Crippen LogP contribution in [0.3, 0.4) is 0 Å². The molecule has 0 aromatic heterocycles. The molecule has 230 valence electrons. The highest BCUT2D eigenvalue weighted by molar-refractivity contribution is 5.08. The Hall–Kier alpha value is -0.390. The molecular formula is C32H55FN8. The molecule has 5 saturated heterocycles. The quantitative estimate of drug-likeness (QED) is 0.225. The average molecular weight is 571 g/mol. The predicted molar refractivity (Wildman–Crippen MR) is 157 cm³/mol. The van der Waals surface area contributed by atoms with Crippen LogP contribution in [-0.4, -0.2) is 55.5 Å². The van der Waals surface area contributed by atoms with Crippen LogP contribution in [-0.2, 0) is 0 Å². The van der Waals surface area contributed by atoms with Gasteiger partial charge < -0.3 is 0 Å². The van der Waals surface area contributed by atoms with E-state index in [1.165, 1.54) is 77.0 Å². The maximum atomic E-state index is 14.9. The van der Waals surface area contributed by atoms with Gasteiger partial charge in [0.1, 0.15) is 6.17 Å². The Bertz CT molecular complexity index is 953. The Kier molecular flexibility index (Phi) is 7.17. The van der Waals surface area contributed by atoms with E-state index in [1.807, 2.05) is 0 Å². The van der Waals surface area contributed by atoms with E-state index >= 15 is 0 Å². The fourth-order valence-electron chi connectivity index (χ4n) is 11.9. The first-order chi connectivity index (χ1) is 20.2. The molecule has 0 aromatic rings. The third-order valence-electron chi connectivity index (χ3n) is 13.8. The van der Waals surface area contributed by atoms with Crippen LogP contribution in [0.2, 0.25) is 0 Å². The summed E-state index contributed by atoms with van der Waals surface area (Å²) in [5, 5.41) is 33.1. The molecular weight excluding hydrogens is 515 g/mol. The smallest absolute Gasteiger partial charge is 0.101 e. The van der Waals surface area contributed by atoms with E-state index in [-0.39, 0.29) is 18.5 Å². The first-order valence-corrected chi connectivity index (χ1v) is 17.9. The van der Waals surface area contributed by atoms with Crippen molar-refractivity contribution in [3.8, 4) is 0 Å². The summed E-state index contributed by atoms with van der Waals surface area (Å²) in [6, 6.07) is 0. The second-order valence-electron chi connectivity index (χ2n) is 15.7. The molecule has 41 heavy (non-hydrogen) atoms. The minimum absolute atomic E-state index is 0.164. The summed E-state index contributed by atoms with van der Waals surface area (Å²) in [4.78, 5) is 0. The number of fused-ring (bicyclic) bond motifs is 20. The Morgan fingerprint density at radius 2 is 0.537 bits per heavy atom. The van der Waals surface area contributed by atoms with Crippen LogP contribution < -0.4 is 42.5 Å². The summed E-state index contributed by atoms with van der Waals surface area (Å²) in [7, 11) is 0. The van der Waals surface area contributed by atoms with Gasteiger partial charge in [0.05, 0.1) is 49.3 Å². The van der Waals surface area contributed by atoms with Crippen molar-refractivity contribution >= 4 is 0 Å². The number of nitrogens with one attached hydrogen (secondary N) is 8. The second-order valence-corrected chi connectivity index (χ2v) is 15.7. The molecule has 17 unspecified atom stereocenters. The molecule has 9 fully saturated rings. The molecule has 9 aliphatic rings. The molecule has 0 amide bonds. The fraction of sp³-hybridized carbons (Fsp3) is 1.00. The van der Waals surface area contributed by atoms with Gasteiger partial charge in [0.15, 0.2) is 0 Å². The van der Waals surface area contributed by atoms with Crippen LogP contribution in [0.1, 0.15) is 96.3 Å². The van der Waals surface area contributed by atoms with Crippen LogP contribution in [0.4, 0.5) is 4.39 Å². The van der Waals surface area contributed by atoms with E-state index in [1.54, 1.807) is 0 Å². The molecule has 5 aliphatic heterocycles. The maximum absolute atomic E-state index is 14.9. The molecule has 5 heterocycles. The fourth-order valence-corrected chi connectivity index (χ4v) is 11.9.